The molecule has 0 saturated carbocycles. The van der Waals surface area contributed by atoms with Crippen LogP contribution in [-0.4, -0.2) is 18.3 Å². The maximum atomic E-state index is 14.7. The summed E-state index contributed by atoms with van der Waals surface area (Å²) in [6.45, 7) is 0. The van der Waals surface area contributed by atoms with Crippen molar-refractivity contribution in [2.75, 3.05) is 0 Å². The lowest BCUT2D eigenvalue weighted by atomic mass is 10.1. The molecular weight excluding hydrogens is 617 g/mol. The fraction of sp³-hybridized carbons (Fsp3) is 0. The van der Waals surface area contributed by atoms with Gasteiger partial charge in [0.05, 0.1) is 44.3 Å². The van der Waals surface area contributed by atoms with Crippen LogP contribution < -0.4 is 11.2 Å². The summed E-state index contributed by atoms with van der Waals surface area (Å²) in [7, 11) is 0. The van der Waals surface area contributed by atoms with E-state index in [-0.39, 0.29) is 5.56 Å². The zero-order valence-electron chi connectivity index (χ0n) is 26.8. The van der Waals surface area contributed by atoms with E-state index < -0.39 is 5.69 Å². The summed E-state index contributed by atoms with van der Waals surface area (Å²) in [5.41, 5.74) is 7.23. The molecule has 0 amide bonds. The summed E-state index contributed by atoms with van der Waals surface area (Å²) >= 11 is 0. The van der Waals surface area contributed by atoms with Gasteiger partial charge in [-0.1, -0.05) is 91.0 Å². The number of hydrogen-bond donors (Lipinski definition) is 0. The summed E-state index contributed by atoms with van der Waals surface area (Å²) in [6, 6.07) is 56.4. The van der Waals surface area contributed by atoms with E-state index in [4.69, 9.17) is 0 Å². The van der Waals surface area contributed by atoms with Crippen molar-refractivity contribution in [2.45, 2.75) is 0 Å². The molecule has 0 aliphatic carbocycles. The summed E-state index contributed by atoms with van der Waals surface area (Å²) in [4.78, 5) is 29.0. The van der Waals surface area contributed by atoms with E-state index in [0.717, 1.165) is 55.0 Å². The molecule has 10 rings (SSSR count). The fourth-order valence-corrected chi connectivity index (χ4v) is 7.72. The Morgan fingerprint density at radius 1 is 0.300 bits per heavy atom. The van der Waals surface area contributed by atoms with Crippen molar-refractivity contribution < 1.29 is 0 Å². The van der Waals surface area contributed by atoms with Crippen LogP contribution in [0.5, 0.6) is 0 Å². The third-order valence-electron chi connectivity index (χ3n) is 9.81. The largest absolute Gasteiger partial charge is 0.340 e. The second-order valence-corrected chi connectivity index (χ2v) is 12.5. The fourth-order valence-electron chi connectivity index (χ4n) is 7.72. The van der Waals surface area contributed by atoms with Crippen LogP contribution in [0, 0.1) is 0 Å². The van der Waals surface area contributed by atoms with E-state index in [0.29, 0.717) is 22.3 Å². The highest BCUT2D eigenvalue weighted by Crippen LogP contribution is 2.38. The van der Waals surface area contributed by atoms with E-state index in [1.165, 1.54) is 4.57 Å². The normalized spacial score (nSPS) is 11.8. The molecule has 0 radical (unpaired) electrons. The zero-order valence-corrected chi connectivity index (χ0v) is 26.8. The Kier molecular flexibility index (Phi) is 6.08. The van der Waals surface area contributed by atoms with E-state index in [1.54, 1.807) is 16.7 Å². The molecule has 0 fully saturated rings. The Morgan fingerprint density at radius 3 is 1.38 bits per heavy atom. The van der Waals surface area contributed by atoms with Gasteiger partial charge in [-0.2, -0.15) is 0 Å². The van der Waals surface area contributed by atoms with Crippen molar-refractivity contribution in [3.8, 4) is 22.7 Å². The van der Waals surface area contributed by atoms with Crippen molar-refractivity contribution in [1.82, 2.24) is 18.3 Å². The van der Waals surface area contributed by atoms with Gasteiger partial charge in [-0.15, -0.1) is 0 Å². The van der Waals surface area contributed by atoms with Crippen LogP contribution in [0.25, 0.3) is 77.3 Å². The van der Waals surface area contributed by atoms with E-state index >= 15 is 0 Å². The molecule has 6 heteroatoms. The number of fused-ring (bicyclic) bond motifs is 8. The average molecular weight is 645 g/mol. The SMILES string of the molecule is O=c1c2c3c4ccccc4n(-c4ccc5c(c4)c4ccccc4n5-c4ccccc4)c3ccc2n(-c2ccccc2)c(=O)n1-c1ccccc1. The number of rotatable bonds is 4. The molecule has 0 aliphatic rings. The van der Waals surface area contributed by atoms with Crippen LogP contribution in [0.15, 0.2) is 179 Å². The number of hydrogen-bond acceptors (Lipinski definition) is 2. The number of nitrogens with zero attached hydrogens (tertiary/aromatic N) is 4. The Labute approximate surface area is 285 Å². The van der Waals surface area contributed by atoms with E-state index in [1.807, 2.05) is 78.9 Å². The molecule has 0 spiro atoms. The third kappa shape index (κ3) is 3.96. The summed E-state index contributed by atoms with van der Waals surface area (Å²) in [6.07, 6.45) is 0. The minimum Gasteiger partial charge on any atom is -0.309 e. The van der Waals surface area contributed by atoms with Gasteiger partial charge in [0.2, 0.25) is 0 Å². The van der Waals surface area contributed by atoms with Gasteiger partial charge < -0.3 is 9.13 Å². The number of benzene rings is 7. The molecular formula is C44H28N4O2. The van der Waals surface area contributed by atoms with Crippen LogP contribution in [0.4, 0.5) is 0 Å². The monoisotopic (exact) mass is 644 g/mol. The van der Waals surface area contributed by atoms with Crippen molar-refractivity contribution >= 4 is 54.5 Å². The van der Waals surface area contributed by atoms with Crippen molar-refractivity contribution in [2.24, 2.45) is 0 Å². The Bertz CT molecular complexity index is 3060. The van der Waals surface area contributed by atoms with Gasteiger partial charge in [0.1, 0.15) is 0 Å². The smallest absolute Gasteiger partial charge is 0.309 e. The van der Waals surface area contributed by atoms with Gasteiger partial charge >= 0.3 is 5.69 Å². The minimum absolute atomic E-state index is 0.349. The Hall–Kier alpha value is -6.92. The van der Waals surface area contributed by atoms with Crippen LogP contribution >= 0.6 is 0 Å². The van der Waals surface area contributed by atoms with Gasteiger partial charge in [0, 0.05) is 32.9 Å². The lowest BCUT2D eigenvalue weighted by molar-refractivity contribution is 0.836. The molecule has 50 heavy (non-hydrogen) atoms. The van der Waals surface area contributed by atoms with Gasteiger partial charge in [-0.05, 0) is 78.9 Å². The maximum Gasteiger partial charge on any atom is 0.340 e. The molecule has 0 unspecified atom stereocenters. The van der Waals surface area contributed by atoms with Gasteiger partial charge in [0.25, 0.3) is 5.56 Å². The molecule has 7 aromatic carbocycles. The van der Waals surface area contributed by atoms with Gasteiger partial charge in [-0.25, -0.2) is 9.36 Å². The van der Waals surface area contributed by atoms with Gasteiger partial charge in [-0.3, -0.25) is 9.36 Å². The summed E-state index contributed by atoms with van der Waals surface area (Å²) in [5.74, 6) is 0. The molecule has 0 N–H and O–H groups in total. The lowest BCUT2D eigenvalue weighted by Gasteiger charge is -2.15. The first-order chi connectivity index (χ1) is 24.7. The van der Waals surface area contributed by atoms with Crippen molar-refractivity contribution in [3.63, 3.8) is 0 Å². The van der Waals surface area contributed by atoms with Gasteiger partial charge in [0.15, 0.2) is 0 Å². The maximum absolute atomic E-state index is 14.7. The van der Waals surface area contributed by atoms with Crippen molar-refractivity contribution in [1.29, 1.82) is 0 Å². The highest BCUT2D eigenvalue weighted by molar-refractivity contribution is 6.21. The minimum atomic E-state index is -0.414. The van der Waals surface area contributed by atoms with Crippen LogP contribution in [0.1, 0.15) is 0 Å². The lowest BCUT2D eigenvalue weighted by Crippen LogP contribution is -2.38. The zero-order chi connectivity index (χ0) is 33.3. The molecule has 0 atom stereocenters. The van der Waals surface area contributed by atoms with Crippen molar-refractivity contribution in [3.05, 3.63) is 191 Å². The molecule has 3 heterocycles. The predicted octanol–water partition coefficient (Wildman–Crippen LogP) is 9.34. The summed E-state index contributed by atoms with van der Waals surface area (Å²) in [5, 5.41) is 4.54. The Morgan fingerprint density at radius 2 is 0.740 bits per heavy atom. The van der Waals surface area contributed by atoms with Crippen LogP contribution in [-0.2, 0) is 0 Å². The first-order valence-corrected chi connectivity index (χ1v) is 16.6. The first kappa shape index (κ1) is 28.1. The standard InChI is InChI=1S/C44H28N4O2/c49-43-42-40(47(30-16-6-2-7-17-30)44(50)48(43)31-18-8-3-9-19-31)27-26-39-41(42)34-21-11-13-23-37(34)46(39)32-24-25-38-35(28-32)33-20-10-12-22-36(33)45(38)29-14-4-1-5-15-29/h1-28H. The van der Waals surface area contributed by atoms with Crippen LogP contribution in [0.2, 0.25) is 0 Å². The number of aromatic nitrogens is 4. The molecule has 0 saturated heterocycles. The second kappa shape index (κ2) is 10.8. The molecule has 236 valence electrons. The average Bonchev–Trinajstić information content (AvgIpc) is 3.68. The Balaban J connectivity index is 1.33. The first-order valence-electron chi connectivity index (χ1n) is 16.6. The molecule has 10 aromatic rings. The highest BCUT2D eigenvalue weighted by atomic mass is 16.2. The molecule has 0 aliphatic heterocycles. The molecule has 0 bridgehead atoms. The van der Waals surface area contributed by atoms with E-state index in [9.17, 15) is 9.59 Å². The number of para-hydroxylation sites is 5. The third-order valence-corrected chi connectivity index (χ3v) is 9.81. The van der Waals surface area contributed by atoms with Crippen LogP contribution in [0.3, 0.4) is 0 Å². The highest BCUT2D eigenvalue weighted by Gasteiger charge is 2.23. The topological polar surface area (TPSA) is 53.9 Å². The molecule has 3 aromatic heterocycles. The van der Waals surface area contributed by atoms with E-state index in [2.05, 4.69) is 88.0 Å². The molecule has 6 nitrogen and oxygen atoms in total. The summed E-state index contributed by atoms with van der Waals surface area (Å²) < 4.78 is 7.50. The quantitative estimate of drug-likeness (QED) is 0.192. The second-order valence-electron chi connectivity index (χ2n) is 12.5. The predicted molar refractivity (Wildman–Crippen MR) is 204 cm³/mol.